The van der Waals surface area contributed by atoms with Crippen molar-refractivity contribution in [1.82, 2.24) is 14.5 Å². The van der Waals surface area contributed by atoms with Crippen molar-refractivity contribution >= 4 is 10.9 Å². The summed E-state index contributed by atoms with van der Waals surface area (Å²) in [4.78, 5) is 20.5. The molecule has 3 aromatic rings. The molecule has 1 saturated heterocycles. The molecule has 0 atom stereocenters. The third-order valence-corrected chi connectivity index (χ3v) is 6.46. The second-order valence-electron chi connectivity index (χ2n) is 8.56. The number of benzene rings is 2. The predicted molar refractivity (Wildman–Crippen MR) is 120 cm³/mol. The van der Waals surface area contributed by atoms with Gasteiger partial charge in [-0.05, 0) is 75.4 Å². The normalized spacial score (nSPS) is 18.1. The molecule has 0 bridgehead atoms. The van der Waals surface area contributed by atoms with Gasteiger partial charge in [0.1, 0.15) is 17.7 Å². The monoisotopic (exact) mass is 403 g/mol. The van der Waals surface area contributed by atoms with Crippen LogP contribution in [0.1, 0.15) is 38.2 Å². The lowest BCUT2D eigenvalue weighted by molar-refractivity contribution is 0.0965. The largest absolute Gasteiger partial charge is 0.490 e. The van der Waals surface area contributed by atoms with Crippen LogP contribution in [0.4, 0.5) is 0 Å². The zero-order chi connectivity index (χ0) is 20.7. The topological polar surface area (TPSA) is 47.4 Å². The molecule has 2 aliphatic rings. The van der Waals surface area contributed by atoms with E-state index in [-0.39, 0.29) is 5.56 Å². The summed E-state index contributed by atoms with van der Waals surface area (Å²) in [7, 11) is 0. The molecule has 2 heterocycles. The van der Waals surface area contributed by atoms with Crippen molar-refractivity contribution in [1.29, 1.82) is 0 Å². The minimum atomic E-state index is 0.0175. The fourth-order valence-electron chi connectivity index (χ4n) is 4.58. The summed E-state index contributed by atoms with van der Waals surface area (Å²) in [6, 6.07) is 14.7. The Hall–Kier alpha value is -2.66. The highest BCUT2D eigenvalue weighted by molar-refractivity contribution is 5.82. The van der Waals surface area contributed by atoms with E-state index in [4.69, 9.17) is 9.72 Å². The molecule has 5 rings (SSSR count). The Kier molecular flexibility index (Phi) is 5.07. The molecule has 1 aliphatic carbocycles. The Morgan fingerprint density at radius 3 is 2.43 bits per heavy atom. The number of hydrogen-bond donors (Lipinski definition) is 0. The van der Waals surface area contributed by atoms with Crippen LogP contribution in [0.2, 0.25) is 0 Å². The van der Waals surface area contributed by atoms with Crippen LogP contribution in [0.25, 0.3) is 22.3 Å². The van der Waals surface area contributed by atoms with Crippen molar-refractivity contribution in [3.8, 4) is 17.1 Å². The molecule has 1 aromatic heterocycles. The van der Waals surface area contributed by atoms with Gasteiger partial charge in [0.2, 0.25) is 0 Å². The van der Waals surface area contributed by atoms with Crippen LogP contribution in [0.5, 0.6) is 5.75 Å². The Labute approximate surface area is 177 Å². The van der Waals surface area contributed by atoms with Crippen molar-refractivity contribution in [2.24, 2.45) is 0 Å². The molecule has 30 heavy (non-hydrogen) atoms. The van der Waals surface area contributed by atoms with Gasteiger partial charge in [-0.2, -0.15) is 0 Å². The number of nitrogens with zero attached hydrogens (tertiary/aromatic N) is 3. The Morgan fingerprint density at radius 1 is 1.03 bits per heavy atom. The molecule has 1 aliphatic heterocycles. The fraction of sp³-hybridized carbons (Fsp3) is 0.440. The van der Waals surface area contributed by atoms with Gasteiger partial charge in [-0.1, -0.05) is 12.1 Å². The Morgan fingerprint density at radius 2 is 1.77 bits per heavy atom. The first-order valence-corrected chi connectivity index (χ1v) is 11.2. The van der Waals surface area contributed by atoms with Crippen molar-refractivity contribution in [2.75, 3.05) is 13.1 Å². The summed E-state index contributed by atoms with van der Waals surface area (Å²) in [5.74, 6) is 1.61. The maximum atomic E-state index is 13.0. The van der Waals surface area contributed by atoms with Crippen LogP contribution in [0.3, 0.4) is 0 Å². The number of likely N-dealkylation sites (tertiary alicyclic amines) is 1. The maximum absolute atomic E-state index is 13.0. The van der Waals surface area contributed by atoms with Gasteiger partial charge in [-0.15, -0.1) is 0 Å². The zero-order valence-corrected chi connectivity index (χ0v) is 17.8. The van der Waals surface area contributed by atoms with Gasteiger partial charge in [0.15, 0.2) is 0 Å². The number of rotatable bonds is 5. The van der Waals surface area contributed by atoms with Gasteiger partial charge in [-0.25, -0.2) is 4.98 Å². The molecule has 2 aromatic carbocycles. The number of aryl methyl sites for hydroxylation is 1. The summed E-state index contributed by atoms with van der Waals surface area (Å²) in [5, 5.41) is 0.679. The minimum absolute atomic E-state index is 0.0175. The summed E-state index contributed by atoms with van der Waals surface area (Å²) < 4.78 is 8.00. The van der Waals surface area contributed by atoms with Crippen LogP contribution in [-0.4, -0.2) is 39.7 Å². The lowest BCUT2D eigenvalue weighted by Gasteiger charge is -2.32. The standard InChI is InChI=1S/C25H29N3O2/c1-3-28-24(26-23-17(2)5-4-6-22(23)25(28)29)18-7-11-20(12-8-18)30-21-13-15-27(16-14-21)19-9-10-19/h4-8,11-12,19,21H,3,9-10,13-16H2,1-2H3. The van der Waals surface area contributed by atoms with Gasteiger partial charge in [0.25, 0.3) is 5.56 Å². The molecule has 5 nitrogen and oxygen atoms in total. The van der Waals surface area contributed by atoms with Crippen LogP contribution < -0.4 is 10.3 Å². The van der Waals surface area contributed by atoms with Crippen LogP contribution in [0, 0.1) is 6.92 Å². The third-order valence-electron chi connectivity index (χ3n) is 6.46. The van der Waals surface area contributed by atoms with Crippen molar-refractivity contribution < 1.29 is 4.74 Å². The SMILES string of the molecule is CCn1c(-c2ccc(OC3CCN(C4CC4)CC3)cc2)nc2c(C)cccc2c1=O. The second-order valence-corrected chi connectivity index (χ2v) is 8.56. The van der Waals surface area contributed by atoms with Gasteiger partial charge < -0.3 is 9.64 Å². The minimum Gasteiger partial charge on any atom is -0.490 e. The molecule has 156 valence electrons. The average molecular weight is 404 g/mol. The molecule has 0 amide bonds. The van der Waals surface area contributed by atoms with Crippen molar-refractivity contribution in [3.63, 3.8) is 0 Å². The van der Waals surface area contributed by atoms with E-state index in [0.29, 0.717) is 23.9 Å². The van der Waals surface area contributed by atoms with E-state index >= 15 is 0 Å². The summed E-state index contributed by atoms with van der Waals surface area (Å²) >= 11 is 0. The first-order valence-electron chi connectivity index (χ1n) is 11.2. The predicted octanol–water partition coefficient (Wildman–Crippen LogP) is 4.40. The number of aromatic nitrogens is 2. The average Bonchev–Trinajstić information content (AvgIpc) is 3.61. The van der Waals surface area contributed by atoms with E-state index in [1.807, 2.05) is 56.3 Å². The van der Waals surface area contributed by atoms with E-state index in [1.54, 1.807) is 4.57 Å². The fourth-order valence-corrected chi connectivity index (χ4v) is 4.58. The molecule has 1 saturated carbocycles. The van der Waals surface area contributed by atoms with Gasteiger partial charge in [0, 0.05) is 31.2 Å². The lowest BCUT2D eigenvalue weighted by Crippen LogP contribution is -2.39. The molecular formula is C25H29N3O2. The van der Waals surface area contributed by atoms with E-state index in [2.05, 4.69) is 4.90 Å². The Balaban J connectivity index is 1.38. The summed E-state index contributed by atoms with van der Waals surface area (Å²) in [6.45, 7) is 6.87. The number of ether oxygens (including phenoxy) is 1. The summed E-state index contributed by atoms with van der Waals surface area (Å²) in [6.07, 6.45) is 5.23. The molecule has 2 fully saturated rings. The van der Waals surface area contributed by atoms with E-state index in [1.165, 1.54) is 12.8 Å². The smallest absolute Gasteiger partial charge is 0.261 e. The van der Waals surface area contributed by atoms with Crippen LogP contribution >= 0.6 is 0 Å². The third kappa shape index (κ3) is 3.63. The van der Waals surface area contributed by atoms with E-state index < -0.39 is 0 Å². The van der Waals surface area contributed by atoms with Crippen molar-refractivity contribution in [2.45, 2.75) is 58.2 Å². The first kappa shape index (κ1) is 19.3. The highest BCUT2D eigenvalue weighted by Gasteiger charge is 2.32. The lowest BCUT2D eigenvalue weighted by atomic mass is 10.1. The number of piperidine rings is 1. The van der Waals surface area contributed by atoms with Gasteiger partial charge in [0.05, 0.1) is 10.9 Å². The number of fused-ring (bicyclic) bond motifs is 1. The quantitative estimate of drug-likeness (QED) is 0.634. The molecule has 0 unspecified atom stereocenters. The highest BCUT2D eigenvalue weighted by atomic mass is 16.5. The summed E-state index contributed by atoms with van der Waals surface area (Å²) in [5.41, 5.74) is 2.76. The van der Waals surface area contributed by atoms with Crippen LogP contribution in [-0.2, 0) is 6.54 Å². The zero-order valence-electron chi connectivity index (χ0n) is 17.8. The molecule has 0 radical (unpaired) electrons. The van der Waals surface area contributed by atoms with Crippen LogP contribution in [0.15, 0.2) is 47.3 Å². The molecule has 0 N–H and O–H groups in total. The van der Waals surface area contributed by atoms with E-state index in [9.17, 15) is 4.79 Å². The molecular weight excluding hydrogens is 374 g/mol. The van der Waals surface area contributed by atoms with E-state index in [0.717, 1.165) is 54.4 Å². The highest BCUT2D eigenvalue weighted by Crippen LogP contribution is 2.30. The second kappa shape index (κ2) is 7.88. The van der Waals surface area contributed by atoms with Crippen molar-refractivity contribution in [3.05, 3.63) is 58.4 Å². The first-order chi connectivity index (χ1) is 14.6. The van der Waals surface area contributed by atoms with Gasteiger partial charge in [-0.3, -0.25) is 9.36 Å². The number of hydrogen-bond acceptors (Lipinski definition) is 4. The number of para-hydroxylation sites is 1. The maximum Gasteiger partial charge on any atom is 0.261 e. The Bertz CT molecular complexity index is 1110. The van der Waals surface area contributed by atoms with Gasteiger partial charge >= 0.3 is 0 Å². The molecule has 5 heteroatoms. The molecule has 0 spiro atoms.